The van der Waals surface area contributed by atoms with Crippen molar-refractivity contribution in [1.29, 1.82) is 0 Å². The molecule has 0 radical (unpaired) electrons. The molecule has 3 rings (SSSR count). The summed E-state index contributed by atoms with van der Waals surface area (Å²) in [5, 5.41) is 14.8. The predicted octanol–water partition coefficient (Wildman–Crippen LogP) is 2.14. The van der Waals surface area contributed by atoms with Crippen LogP contribution in [0.4, 0.5) is 0 Å². The van der Waals surface area contributed by atoms with Crippen LogP contribution in [0.1, 0.15) is 26.8 Å². The number of carbonyl (C=O) groups excluding carboxylic acids is 1. The highest BCUT2D eigenvalue weighted by Gasteiger charge is 2.32. The van der Waals surface area contributed by atoms with Gasteiger partial charge in [-0.2, -0.15) is 0 Å². The van der Waals surface area contributed by atoms with Gasteiger partial charge in [-0.25, -0.2) is 0 Å². The van der Waals surface area contributed by atoms with Crippen LogP contribution in [0.25, 0.3) is 0 Å². The first-order valence-electron chi connectivity index (χ1n) is 6.38. The standard InChI is InChI=1S/C15H15NO3S/c1-19-10-7-13(20-8-10)15(18)16-14-11-5-3-2-4-9(11)6-12(14)17/h2-5,7-8,12,14,17H,6H2,1H3,(H,16,18)/t12-,14+/m0/s1. The quantitative estimate of drug-likeness (QED) is 0.910. The van der Waals surface area contributed by atoms with E-state index in [1.165, 1.54) is 11.3 Å². The van der Waals surface area contributed by atoms with E-state index in [-0.39, 0.29) is 11.9 Å². The molecule has 0 fully saturated rings. The lowest BCUT2D eigenvalue weighted by atomic mass is 10.1. The molecule has 0 spiro atoms. The van der Waals surface area contributed by atoms with E-state index in [1.807, 2.05) is 24.3 Å². The van der Waals surface area contributed by atoms with Crippen LogP contribution in [0.3, 0.4) is 0 Å². The molecule has 5 heteroatoms. The van der Waals surface area contributed by atoms with Crippen molar-refractivity contribution in [2.45, 2.75) is 18.6 Å². The third-order valence-electron chi connectivity index (χ3n) is 3.53. The second kappa shape index (κ2) is 5.26. The van der Waals surface area contributed by atoms with Crippen molar-refractivity contribution >= 4 is 17.2 Å². The number of thiophene rings is 1. The zero-order valence-corrected chi connectivity index (χ0v) is 11.8. The fourth-order valence-electron chi connectivity index (χ4n) is 2.51. The fraction of sp³-hybridized carbons (Fsp3) is 0.267. The molecule has 1 aliphatic rings. The predicted molar refractivity (Wildman–Crippen MR) is 77.2 cm³/mol. The molecular weight excluding hydrogens is 274 g/mol. The zero-order valence-electron chi connectivity index (χ0n) is 11.0. The largest absolute Gasteiger partial charge is 0.496 e. The van der Waals surface area contributed by atoms with E-state index in [0.717, 1.165) is 11.1 Å². The molecule has 0 bridgehead atoms. The second-order valence-corrected chi connectivity index (χ2v) is 5.68. The summed E-state index contributed by atoms with van der Waals surface area (Å²) < 4.78 is 5.07. The van der Waals surface area contributed by atoms with Crippen LogP contribution in [-0.2, 0) is 6.42 Å². The van der Waals surface area contributed by atoms with Gasteiger partial charge >= 0.3 is 0 Å². The molecule has 104 valence electrons. The molecule has 2 N–H and O–H groups in total. The number of rotatable bonds is 3. The first-order chi connectivity index (χ1) is 9.69. The van der Waals surface area contributed by atoms with Gasteiger partial charge in [-0.1, -0.05) is 24.3 Å². The van der Waals surface area contributed by atoms with Crippen LogP contribution in [-0.4, -0.2) is 24.2 Å². The highest BCUT2D eigenvalue weighted by atomic mass is 32.1. The van der Waals surface area contributed by atoms with Crippen LogP contribution < -0.4 is 10.1 Å². The summed E-state index contributed by atoms with van der Waals surface area (Å²) >= 11 is 1.33. The number of aliphatic hydroxyl groups is 1. The van der Waals surface area contributed by atoms with Crippen LogP contribution in [0, 0.1) is 0 Å². The minimum Gasteiger partial charge on any atom is -0.496 e. The second-order valence-electron chi connectivity index (χ2n) is 4.77. The van der Waals surface area contributed by atoms with Gasteiger partial charge in [-0.05, 0) is 11.1 Å². The smallest absolute Gasteiger partial charge is 0.262 e. The molecule has 1 aromatic heterocycles. The Morgan fingerprint density at radius 3 is 3.00 bits per heavy atom. The number of carbonyl (C=O) groups is 1. The van der Waals surface area contributed by atoms with Gasteiger partial charge in [0.2, 0.25) is 0 Å². The van der Waals surface area contributed by atoms with E-state index in [9.17, 15) is 9.90 Å². The maximum absolute atomic E-state index is 12.2. The van der Waals surface area contributed by atoms with Crippen molar-refractivity contribution in [3.8, 4) is 5.75 Å². The minimum absolute atomic E-state index is 0.181. The van der Waals surface area contributed by atoms with E-state index >= 15 is 0 Å². The average Bonchev–Trinajstić information content (AvgIpc) is 3.04. The summed E-state index contributed by atoms with van der Waals surface area (Å²) in [5.41, 5.74) is 2.09. The van der Waals surface area contributed by atoms with Gasteiger partial charge in [0, 0.05) is 17.9 Å². The first kappa shape index (κ1) is 13.1. The summed E-state index contributed by atoms with van der Waals surface area (Å²) in [4.78, 5) is 12.8. The van der Waals surface area contributed by atoms with Crippen LogP contribution in [0.2, 0.25) is 0 Å². The maximum atomic E-state index is 12.2. The highest BCUT2D eigenvalue weighted by molar-refractivity contribution is 7.12. The normalized spacial score (nSPS) is 20.5. The highest BCUT2D eigenvalue weighted by Crippen LogP contribution is 2.32. The molecule has 1 aliphatic carbocycles. The van der Waals surface area contributed by atoms with E-state index < -0.39 is 6.10 Å². The Morgan fingerprint density at radius 1 is 1.45 bits per heavy atom. The monoisotopic (exact) mass is 289 g/mol. The minimum atomic E-state index is -0.571. The lowest BCUT2D eigenvalue weighted by Crippen LogP contribution is -2.33. The average molecular weight is 289 g/mol. The number of ether oxygens (including phenoxy) is 1. The summed E-state index contributed by atoms with van der Waals surface area (Å²) in [5.74, 6) is 0.492. The summed E-state index contributed by atoms with van der Waals surface area (Å²) in [7, 11) is 1.57. The summed E-state index contributed by atoms with van der Waals surface area (Å²) in [6.07, 6.45) is 0.00715. The number of methoxy groups -OCH3 is 1. The van der Waals surface area contributed by atoms with E-state index in [1.54, 1.807) is 18.6 Å². The molecule has 2 atom stereocenters. The lowest BCUT2D eigenvalue weighted by Gasteiger charge is -2.17. The molecular formula is C15H15NO3S. The molecule has 2 aromatic rings. The molecule has 1 amide bonds. The molecule has 1 aromatic carbocycles. The number of fused-ring (bicyclic) bond motifs is 1. The van der Waals surface area contributed by atoms with E-state index in [4.69, 9.17) is 4.74 Å². The van der Waals surface area contributed by atoms with E-state index in [0.29, 0.717) is 17.0 Å². The summed E-state index contributed by atoms with van der Waals surface area (Å²) in [6, 6.07) is 9.16. The Kier molecular flexibility index (Phi) is 3.46. The number of hydrogen-bond donors (Lipinski definition) is 2. The molecule has 1 heterocycles. The third kappa shape index (κ3) is 2.30. The number of nitrogens with one attached hydrogen (secondary N) is 1. The Hall–Kier alpha value is -1.85. The maximum Gasteiger partial charge on any atom is 0.262 e. The molecule has 0 saturated heterocycles. The molecule has 4 nitrogen and oxygen atoms in total. The van der Waals surface area contributed by atoms with Crippen molar-refractivity contribution in [1.82, 2.24) is 5.32 Å². The zero-order chi connectivity index (χ0) is 14.1. The third-order valence-corrected chi connectivity index (χ3v) is 4.43. The Balaban J connectivity index is 1.79. The first-order valence-corrected chi connectivity index (χ1v) is 7.26. The number of amides is 1. The van der Waals surface area contributed by atoms with Crippen LogP contribution >= 0.6 is 11.3 Å². The van der Waals surface area contributed by atoms with Crippen LogP contribution in [0.15, 0.2) is 35.7 Å². The van der Waals surface area contributed by atoms with Gasteiger partial charge < -0.3 is 15.2 Å². The topological polar surface area (TPSA) is 58.6 Å². The van der Waals surface area contributed by atoms with Crippen LogP contribution in [0.5, 0.6) is 5.75 Å². The lowest BCUT2D eigenvalue weighted by molar-refractivity contribution is 0.0862. The molecule has 0 saturated carbocycles. The Labute approximate surface area is 121 Å². The number of benzene rings is 1. The van der Waals surface area contributed by atoms with Gasteiger partial charge in [0.15, 0.2) is 0 Å². The van der Waals surface area contributed by atoms with Gasteiger partial charge in [0.1, 0.15) is 5.75 Å². The Bertz CT molecular complexity index is 638. The van der Waals surface area contributed by atoms with Crippen molar-refractivity contribution in [3.05, 3.63) is 51.7 Å². The van der Waals surface area contributed by atoms with Crippen molar-refractivity contribution < 1.29 is 14.6 Å². The number of aliphatic hydroxyl groups excluding tert-OH is 1. The van der Waals surface area contributed by atoms with Crippen molar-refractivity contribution in [3.63, 3.8) is 0 Å². The fourth-order valence-corrected chi connectivity index (χ4v) is 3.26. The SMILES string of the molecule is COc1csc(C(=O)N[C@@H]2c3ccccc3C[C@@H]2O)c1. The van der Waals surface area contributed by atoms with Gasteiger partial charge in [-0.3, -0.25) is 4.79 Å². The molecule has 0 aliphatic heterocycles. The Morgan fingerprint density at radius 2 is 2.25 bits per heavy atom. The van der Waals surface area contributed by atoms with Gasteiger partial charge in [0.05, 0.1) is 24.1 Å². The van der Waals surface area contributed by atoms with Crippen molar-refractivity contribution in [2.24, 2.45) is 0 Å². The van der Waals surface area contributed by atoms with Gasteiger partial charge in [-0.15, -0.1) is 11.3 Å². The summed E-state index contributed by atoms with van der Waals surface area (Å²) in [6.45, 7) is 0. The van der Waals surface area contributed by atoms with Gasteiger partial charge in [0.25, 0.3) is 5.91 Å². The van der Waals surface area contributed by atoms with Crippen molar-refractivity contribution in [2.75, 3.05) is 7.11 Å². The molecule has 0 unspecified atom stereocenters. The van der Waals surface area contributed by atoms with E-state index in [2.05, 4.69) is 5.32 Å². The number of hydrogen-bond acceptors (Lipinski definition) is 4. The molecule has 20 heavy (non-hydrogen) atoms.